The summed E-state index contributed by atoms with van der Waals surface area (Å²) in [5.41, 5.74) is 4.16. The summed E-state index contributed by atoms with van der Waals surface area (Å²) < 4.78 is 72.6. The van der Waals surface area contributed by atoms with Gasteiger partial charge >= 0.3 is 31.1 Å². The van der Waals surface area contributed by atoms with Crippen molar-refractivity contribution in [2.45, 2.75) is 50.9 Å². The molecule has 0 radical (unpaired) electrons. The second-order valence-electron chi connectivity index (χ2n) is 12.1. The van der Waals surface area contributed by atoms with E-state index in [0.717, 1.165) is 17.2 Å². The highest BCUT2D eigenvalue weighted by Gasteiger charge is 2.50. The Hall–Kier alpha value is -2.29. The standard InChI is InChI=1S/C23H39N7O20P4S/c1-23(2,18(34)21(35)26-4-3-13(31)25-5-6-55-14(32)8-51(36,37)38)9-47-54(44,45)50-53(42,43)46-7-12-17(49-52(39,40)41)16(33)22(48-12)30-11-29-15-19(24)27-10-28-20(15)30/h10-12,16-18,22,33-34H,3-9H2,1-2H3,(H,25,31)(H,26,35)(H,42,43)(H,44,45)(H2,24,27,28)(H2,36,37,38)(H2,39,40,41). The Morgan fingerprint density at radius 3 is 2.31 bits per heavy atom. The van der Waals surface area contributed by atoms with E-state index < -0.39 is 103 Å². The van der Waals surface area contributed by atoms with Gasteiger partial charge in [0.05, 0.1) is 19.5 Å². The van der Waals surface area contributed by atoms with Gasteiger partial charge in [-0.1, -0.05) is 25.6 Å². The topological polar surface area (TPSA) is 421 Å². The van der Waals surface area contributed by atoms with Gasteiger partial charge in [-0.2, -0.15) is 4.31 Å². The lowest BCUT2D eigenvalue weighted by Crippen LogP contribution is -2.46. The second kappa shape index (κ2) is 19.0. The first-order valence-electron chi connectivity index (χ1n) is 15.3. The first kappa shape index (κ1) is 47.1. The van der Waals surface area contributed by atoms with E-state index in [0.29, 0.717) is 11.8 Å². The number of phosphoric acid groups is 3. The van der Waals surface area contributed by atoms with Gasteiger partial charge in [0, 0.05) is 30.7 Å². The number of ether oxygens (including phenoxy) is 1. The van der Waals surface area contributed by atoms with Crippen LogP contribution in [-0.2, 0) is 55.3 Å². The summed E-state index contributed by atoms with van der Waals surface area (Å²) in [6.07, 6.45) is -8.15. The van der Waals surface area contributed by atoms with Gasteiger partial charge in [0.25, 0.3) is 0 Å². The summed E-state index contributed by atoms with van der Waals surface area (Å²) in [6.45, 7) is -0.00928. The molecule has 0 aromatic carbocycles. The number of aromatic nitrogens is 4. The molecule has 0 aliphatic carbocycles. The molecule has 3 heterocycles. The highest BCUT2D eigenvalue weighted by Crippen LogP contribution is 2.61. The van der Waals surface area contributed by atoms with Crippen LogP contribution < -0.4 is 16.4 Å². The Bertz CT molecular complexity index is 1890. The lowest BCUT2D eigenvalue weighted by Gasteiger charge is -2.30. The Balaban J connectivity index is 1.50. The molecule has 312 valence electrons. The number of anilines is 1. The van der Waals surface area contributed by atoms with Crippen molar-refractivity contribution in [3.05, 3.63) is 12.7 Å². The predicted molar refractivity (Wildman–Crippen MR) is 184 cm³/mol. The minimum atomic E-state index is -5.60. The SMILES string of the molecule is CC(C)(COP(=O)(O)OP(=O)(O)OCC1OC(n2cnc3c(N)ncnc32)C(O)C1OP(=O)(O)O)C(O)C(=O)NCCC(=O)NCCSC(=O)CP(=O)(O)O. The van der Waals surface area contributed by atoms with Crippen LogP contribution in [0.2, 0.25) is 0 Å². The minimum absolute atomic E-state index is 0.0139. The number of thioether (sulfide) groups is 1. The Kier molecular flexibility index (Phi) is 16.2. The molecule has 3 rings (SSSR count). The molecule has 7 unspecified atom stereocenters. The number of fused-ring (bicyclic) bond motifs is 1. The van der Waals surface area contributed by atoms with Crippen molar-refractivity contribution in [3.63, 3.8) is 0 Å². The molecule has 2 amide bonds. The molecule has 0 spiro atoms. The molecule has 1 saturated heterocycles. The fourth-order valence-electron chi connectivity index (χ4n) is 4.51. The van der Waals surface area contributed by atoms with Crippen molar-refractivity contribution in [2.24, 2.45) is 5.41 Å². The number of nitrogens with two attached hydrogens (primary N) is 1. The number of imidazole rings is 1. The average Bonchev–Trinajstić information content (AvgIpc) is 3.60. The summed E-state index contributed by atoms with van der Waals surface area (Å²) in [6, 6.07) is 0. The third-order valence-electron chi connectivity index (χ3n) is 7.10. The van der Waals surface area contributed by atoms with Crippen molar-refractivity contribution < 1.29 is 94.8 Å². The number of aliphatic hydroxyl groups is 2. The number of nitrogens with one attached hydrogen (secondary N) is 2. The van der Waals surface area contributed by atoms with E-state index in [-0.39, 0.29) is 42.2 Å². The number of phosphoric ester groups is 3. The molecule has 1 aliphatic rings. The van der Waals surface area contributed by atoms with Crippen molar-refractivity contribution >= 4 is 76.7 Å². The molecule has 7 atom stereocenters. The molecule has 2 aromatic heterocycles. The van der Waals surface area contributed by atoms with E-state index in [1.54, 1.807) is 0 Å². The fourth-order valence-corrected chi connectivity index (χ4v) is 8.98. The van der Waals surface area contributed by atoms with Crippen LogP contribution in [0.3, 0.4) is 0 Å². The van der Waals surface area contributed by atoms with Crippen LogP contribution in [0.5, 0.6) is 0 Å². The van der Waals surface area contributed by atoms with Crippen molar-refractivity contribution in [3.8, 4) is 0 Å². The minimum Gasteiger partial charge on any atom is -0.386 e. The van der Waals surface area contributed by atoms with E-state index in [2.05, 4.69) is 34.4 Å². The maximum atomic E-state index is 12.6. The molecule has 0 bridgehead atoms. The van der Waals surface area contributed by atoms with Gasteiger partial charge in [0.2, 0.25) is 16.9 Å². The van der Waals surface area contributed by atoms with E-state index in [9.17, 15) is 62.4 Å². The third kappa shape index (κ3) is 14.9. The molecule has 2 aromatic rings. The molecular weight excluding hydrogens is 850 g/mol. The van der Waals surface area contributed by atoms with E-state index in [1.165, 1.54) is 13.8 Å². The highest BCUT2D eigenvalue weighted by atomic mass is 32.2. The van der Waals surface area contributed by atoms with Gasteiger partial charge in [-0.25, -0.2) is 28.6 Å². The molecule has 0 saturated carbocycles. The summed E-state index contributed by atoms with van der Waals surface area (Å²) in [4.78, 5) is 104. The number of hydrogen-bond donors (Lipinski definition) is 11. The van der Waals surface area contributed by atoms with Crippen molar-refractivity contribution in [1.29, 1.82) is 0 Å². The molecule has 55 heavy (non-hydrogen) atoms. The van der Waals surface area contributed by atoms with Crippen molar-refractivity contribution in [2.75, 3.05) is 44.0 Å². The Labute approximate surface area is 314 Å². The van der Waals surface area contributed by atoms with Crippen LogP contribution in [0, 0.1) is 5.41 Å². The third-order valence-corrected chi connectivity index (χ3v) is 12.0. The van der Waals surface area contributed by atoms with Gasteiger partial charge in [-0.05, 0) is 0 Å². The van der Waals surface area contributed by atoms with Crippen LogP contribution >= 0.6 is 42.8 Å². The van der Waals surface area contributed by atoms with E-state index >= 15 is 0 Å². The number of nitrogen functional groups attached to an aromatic ring is 1. The number of carbonyl (C=O) groups excluding carboxylic acids is 3. The largest absolute Gasteiger partial charge is 0.481 e. The monoisotopic (exact) mass is 889 g/mol. The summed E-state index contributed by atoms with van der Waals surface area (Å²) >= 11 is 0.605. The second-order valence-corrected chi connectivity index (χ2v) is 19.1. The smallest absolute Gasteiger partial charge is 0.386 e. The van der Waals surface area contributed by atoms with Gasteiger partial charge < -0.3 is 60.7 Å². The molecule has 12 N–H and O–H groups in total. The number of rotatable bonds is 21. The van der Waals surface area contributed by atoms with Crippen LogP contribution in [-0.4, -0.2) is 139 Å². The molecule has 27 nitrogen and oxygen atoms in total. The molecule has 1 aliphatic heterocycles. The number of hydrogen-bond acceptors (Lipinski definition) is 19. The lowest BCUT2D eigenvalue weighted by molar-refractivity contribution is -0.137. The first-order valence-corrected chi connectivity index (χ1v) is 22.6. The maximum Gasteiger partial charge on any atom is 0.481 e. The molecule has 32 heteroatoms. The fraction of sp³-hybridized carbons (Fsp3) is 0.652. The molecular formula is C23H39N7O20P4S. The summed E-state index contributed by atoms with van der Waals surface area (Å²) in [5, 5.41) is 25.2. The molecule has 1 fully saturated rings. The Morgan fingerprint density at radius 2 is 1.67 bits per heavy atom. The van der Waals surface area contributed by atoms with Gasteiger partial charge in [-0.3, -0.25) is 37.1 Å². The van der Waals surface area contributed by atoms with Gasteiger partial charge in [0.1, 0.15) is 42.4 Å². The Morgan fingerprint density at radius 1 is 1.02 bits per heavy atom. The van der Waals surface area contributed by atoms with Crippen LogP contribution in [0.15, 0.2) is 12.7 Å². The quantitative estimate of drug-likeness (QED) is 0.0470. The zero-order chi connectivity index (χ0) is 41.6. The van der Waals surface area contributed by atoms with Gasteiger partial charge in [0.15, 0.2) is 17.7 Å². The number of nitrogens with zero attached hydrogens (tertiary/aromatic N) is 4. The lowest BCUT2D eigenvalue weighted by atomic mass is 9.87. The number of amides is 2. The van der Waals surface area contributed by atoms with Crippen LogP contribution in [0.1, 0.15) is 26.5 Å². The summed E-state index contributed by atoms with van der Waals surface area (Å²) in [5.74, 6) is -1.67. The average molecular weight is 890 g/mol. The summed E-state index contributed by atoms with van der Waals surface area (Å²) in [7, 11) is -21.0. The van der Waals surface area contributed by atoms with Gasteiger partial charge in [-0.15, -0.1) is 0 Å². The predicted octanol–water partition coefficient (Wildman–Crippen LogP) is -2.16. The maximum absolute atomic E-state index is 12.6. The van der Waals surface area contributed by atoms with Crippen LogP contribution in [0.4, 0.5) is 5.82 Å². The van der Waals surface area contributed by atoms with E-state index in [1.807, 2.05) is 0 Å². The number of carbonyl (C=O) groups is 3. The first-order chi connectivity index (χ1) is 25.2. The normalized spacial score (nSPS) is 22.1. The van der Waals surface area contributed by atoms with Crippen molar-refractivity contribution in [1.82, 2.24) is 30.2 Å². The van der Waals surface area contributed by atoms with E-state index in [4.69, 9.17) is 29.3 Å². The highest BCUT2D eigenvalue weighted by molar-refractivity contribution is 8.14. The zero-order valence-electron chi connectivity index (χ0n) is 28.5. The zero-order valence-corrected chi connectivity index (χ0v) is 32.9. The van der Waals surface area contributed by atoms with Crippen LogP contribution in [0.25, 0.3) is 11.2 Å². The number of aliphatic hydroxyl groups excluding tert-OH is 2.